The molecular formula is C19H33NO. The SMILES string of the molecule is CCCC(CCC)(CCc1cccc(CCCN)c1)OC. The molecule has 21 heavy (non-hydrogen) atoms. The zero-order chi connectivity index (χ0) is 15.6. The molecule has 0 atom stereocenters. The Bertz CT molecular complexity index is 383. The number of hydrogen-bond acceptors (Lipinski definition) is 2. The van der Waals surface area contributed by atoms with Gasteiger partial charge < -0.3 is 10.5 Å². The van der Waals surface area contributed by atoms with E-state index in [1.54, 1.807) is 0 Å². The van der Waals surface area contributed by atoms with E-state index in [1.807, 2.05) is 7.11 Å². The smallest absolute Gasteiger partial charge is 0.0681 e. The van der Waals surface area contributed by atoms with Gasteiger partial charge in [0.25, 0.3) is 0 Å². The summed E-state index contributed by atoms with van der Waals surface area (Å²) in [5, 5.41) is 0. The molecule has 1 aromatic carbocycles. The molecule has 0 aliphatic carbocycles. The number of hydrogen-bond donors (Lipinski definition) is 1. The molecule has 0 aliphatic heterocycles. The van der Waals surface area contributed by atoms with E-state index >= 15 is 0 Å². The molecule has 0 amide bonds. The van der Waals surface area contributed by atoms with Crippen LogP contribution in [0.1, 0.15) is 63.5 Å². The van der Waals surface area contributed by atoms with E-state index in [-0.39, 0.29) is 5.60 Å². The third-order valence-electron chi connectivity index (χ3n) is 4.37. The van der Waals surface area contributed by atoms with Gasteiger partial charge in [-0.3, -0.25) is 0 Å². The van der Waals surface area contributed by atoms with Crippen LogP contribution in [0, 0.1) is 0 Å². The summed E-state index contributed by atoms with van der Waals surface area (Å²) in [4.78, 5) is 0. The lowest BCUT2D eigenvalue weighted by atomic mass is 9.86. The van der Waals surface area contributed by atoms with Crippen LogP contribution in [0.2, 0.25) is 0 Å². The van der Waals surface area contributed by atoms with Crippen molar-refractivity contribution in [2.45, 2.75) is 70.8 Å². The highest BCUT2D eigenvalue weighted by Gasteiger charge is 2.27. The second-order valence-corrected chi connectivity index (χ2v) is 6.10. The van der Waals surface area contributed by atoms with Gasteiger partial charge in [-0.1, -0.05) is 51.0 Å². The van der Waals surface area contributed by atoms with Crippen LogP contribution < -0.4 is 5.73 Å². The molecule has 2 nitrogen and oxygen atoms in total. The molecule has 0 unspecified atom stereocenters. The molecule has 1 aromatic rings. The van der Waals surface area contributed by atoms with Crippen LogP contribution in [0.25, 0.3) is 0 Å². The summed E-state index contributed by atoms with van der Waals surface area (Å²) in [6, 6.07) is 8.97. The van der Waals surface area contributed by atoms with Gasteiger partial charge in [0, 0.05) is 7.11 Å². The van der Waals surface area contributed by atoms with Crippen molar-refractivity contribution in [2.75, 3.05) is 13.7 Å². The van der Waals surface area contributed by atoms with Crippen molar-refractivity contribution in [1.29, 1.82) is 0 Å². The van der Waals surface area contributed by atoms with Crippen LogP contribution in [0.15, 0.2) is 24.3 Å². The van der Waals surface area contributed by atoms with E-state index in [0.29, 0.717) is 0 Å². The van der Waals surface area contributed by atoms with Gasteiger partial charge in [0.1, 0.15) is 0 Å². The van der Waals surface area contributed by atoms with Gasteiger partial charge >= 0.3 is 0 Å². The predicted octanol–water partition coefficient (Wildman–Crippen LogP) is 4.50. The molecule has 2 N–H and O–H groups in total. The molecule has 2 heteroatoms. The first kappa shape index (κ1) is 18.2. The fraction of sp³-hybridized carbons (Fsp3) is 0.684. The highest BCUT2D eigenvalue weighted by Crippen LogP contribution is 2.29. The Morgan fingerprint density at radius 1 is 1.00 bits per heavy atom. The lowest BCUT2D eigenvalue weighted by Gasteiger charge is -2.32. The zero-order valence-corrected chi connectivity index (χ0v) is 14.2. The summed E-state index contributed by atoms with van der Waals surface area (Å²) in [7, 11) is 1.88. The Balaban J connectivity index is 2.66. The van der Waals surface area contributed by atoms with Gasteiger partial charge in [-0.05, 0) is 56.2 Å². The number of benzene rings is 1. The normalized spacial score (nSPS) is 11.8. The maximum absolute atomic E-state index is 5.92. The second-order valence-electron chi connectivity index (χ2n) is 6.10. The Hall–Kier alpha value is -0.860. The Morgan fingerprint density at radius 2 is 1.62 bits per heavy atom. The molecule has 0 heterocycles. The zero-order valence-electron chi connectivity index (χ0n) is 14.2. The Morgan fingerprint density at radius 3 is 2.14 bits per heavy atom. The number of methoxy groups -OCH3 is 1. The number of ether oxygens (including phenoxy) is 1. The van der Waals surface area contributed by atoms with E-state index in [0.717, 1.165) is 45.1 Å². The lowest BCUT2D eigenvalue weighted by molar-refractivity contribution is -0.0320. The van der Waals surface area contributed by atoms with E-state index in [2.05, 4.69) is 38.1 Å². The van der Waals surface area contributed by atoms with Gasteiger partial charge in [0.15, 0.2) is 0 Å². The van der Waals surface area contributed by atoms with Crippen LogP contribution in [-0.2, 0) is 17.6 Å². The molecule has 0 saturated carbocycles. The van der Waals surface area contributed by atoms with Crippen molar-refractivity contribution in [2.24, 2.45) is 5.73 Å². The number of aryl methyl sites for hydroxylation is 2. The van der Waals surface area contributed by atoms with Gasteiger partial charge in [0.05, 0.1) is 5.60 Å². The van der Waals surface area contributed by atoms with Crippen molar-refractivity contribution in [3.05, 3.63) is 35.4 Å². The van der Waals surface area contributed by atoms with Gasteiger partial charge in [-0.2, -0.15) is 0 Å². The Labute approximate surface area is 131 Å². The lowest BCUT2D eigenvalue weighted by Crippen LogP contribution is -2.31. The molecule has 0 radical (unpaired) electrons. The molecule has 0 aliphatic rings. The first-order chi connectivity index (χ1) is 10.2. The minimum absolute atomic E-state index is 0.0662. The molecule has 120 valence electrons. The minimum Gasteiger partial charge on any atom is -0.378 e. The Kier molecular flexibility index (Phi) is 8.63. The van der Waals surface area contributed by atoms with Crippen LogP contribution in [0.4, 0.5) is 0 Å². The monoisotopic (exact) mass is 291 g/mol. The molecule has 0 aromatic heterocycles. The van der Waals surface area contributed by atoms with Crippen molar-refractivity contribution in [3.63, 3.8) is 0 Å². The fourth-order valence-electron chi connectivity index (χ4n) is 3.21. The molecule has 0 bridgehead atoms. The van der Waals surface area contributed by atoms with Gasteiger partial charge in [-0.25, -0.2) is 0 Å². The molecule has 1 rings (SSSR count). The summed E-state index contributed by atoms with van der Waals surface area (Å²) in [6.07, 6.45) is 9.06. The molecular weight excluding hydrogens is 258 g/mol. The first-order valence-corrected chi connectivity index (χ1v) is 8.52. The van der Waals surface area contributed by atoms with Crippen molar-refractivity contribution >= 4 is 0 Å². The van der Waals surface area contributed by atoms with Crippen molar-refractivity contribution < 1.29 is 4.74 Å². The van der Waals surface area contributed by atoms with E-state index < -0.39 is 0 Å². The fourth-order valence-corrected chi connectivity index (χ4v) is 3.21. The van der Waals surface area contributed by atoms with Gasteiger partial charge in [-0.15, -0.1) is 0 Å². The van der Waals surface area contributed by atoms with Crippen molar-refractivity contribution in [1.82, 2.24) is 0 Å². The van der Waals surface area contributed by atoms with E-state index in [9.17, 15) is 0 Å². The molecule has 0 saturated heterocycles. The first-order valence-electron chi connectivity index (χ1n) is 8.52. The number of rotatable bonds is 11. The van der Waals surface area contributed by atoms with Crippen LogP contribution in [0.3, 0.4) is 0 Å². The highest BCUT2D eigenvalue weighted by atomic mass is 16.5. The third-order valence-corrected chi connectivity index (χ3v) is 4.37. The maximum atomic E-state index is 5.92. The third kappa shape index (κ3) is 6.19. The molecule has 0 fully saturated rings. The largest absolute Gasteiger partial charge is 0.378 e. The average molecular weight is 291 g/mol. The highest BCUT2D eigenvalue weighted by molar-refractivity contribution is 5.24. The summed E-state index contributed by atoms with van der Waals surface area (Å²) < 4.78 is 5.92. The summed E-state index contributed by atoms with van der Waals surface area (Å²) in [5.74, 6) is 0. The van der Waals surface area contributed by atoms with E-state index in [1.165, 1.54) is 24.0 Å². The van der Waals surface area contributed by atoms with Crippen LogP contribution in [-0.4, -0.2) is 19.3 Å². The summed E-state index contributed by atoms with van der Waals surface area (Å²) in [6.45, 7) is 5.26. The average Bonchev–Trinajstić information content (AvgIpc) is 2.51. The quantitative estimate of drug-likeness (QED) is 0.651. The molecule has 0 spiro atoms. The standard InChI is InChI=1S/C19H33NO/c1-4-12-19(21-3,13-5-2)14-11-18-9-6-8-17(16-18)10-7-15-20/h6,8-9,16H,4-5,7,10-15,20H2,1-3H3. The van der Waals surface area contributed by atoms with Gasteiger partial charge in [0.2, 0.25) is 0 Å². The predicted molar refractivity (Wildman–Crippen MR) is 91.7 cm³/mol. The second kappa shape index (κ2) is 9.97. The summed E-state index contributed by atoms with van der Waals surface area (Å²) >= 11 is 0. The minimum atomic E-state index is 0.0662. The van der Waals surface area contributed by atoms with Crippen LogP contribution in [0.5, 0.6) is 0 Å². The maximum Gasteiger partial charge on any atom is 0.0681 e. The van der Waals surface area contributed by atoms with E-state index in [4.69, 9.17) is 10.5 Å². The van der Waals surface area contributed by atoms with Crippen LogP contribution >= 0.6 is 0 Å². The number of nitrogens with two attached hydrogens (primary N) is 1. The van der Waals surface area contributed by atoms with Crippen molar-refractivity contribution in [3.8, 4) is 0 Å². The topological polar surface area (TPSA) is 35.2 Å². The summed E-state index contributed by atoms with van der Waals surface area (Å²) in [5.41, 5.74) is 8.50.